The van der Waals surface area contributed by atoms with Crippen molar-refractivity contribution in [2.75, 3.05) is 46.3 Å². The van der Waals surface area contributed by atoms with E-state index in [1.165, 1.54) is 21.6 Å². The summed E-state index contributed by atoms with van der Waals surface area (Å²) in [4.78, 5) is 18.5. The van der Waals surface area contributed by atoms with Crippen LogP contribution in [-0.4, -0.2) is 62.0 Å². The number of amides is 1. The van der Waals surface area contributed by atoms with Gasteiger partial charge in [-0.05, 0) is 29.8 Å². The third kappa shape index (κ3) is 5.89. The molecule has 0 aromatic heterocycles. The summed E-state index contributed by atoms with van der Waals surface area (Å²) >= 11 is 1.89. The van der Waals surface area contributed by atoms with Crippen LogP contribution in [0.15, 0.2) is 53.4 Å². The van der Waals surface area contributed by atoms with Gasteiger partial charge in [-0.3, -0.25) is 9.69 Å². The Balaban J connectivity index is 0.00000150. The number of halogens is 2. The number of carbonyl (C=O) groups is 1. The molecule has 2 heterocycles. The van der Waals surface area contributed by atoms with Crippen LogP contribution in [0.1, 0.15) is 22.6 Å². The van der Waals surface area contributed by atoms with Gasteiger partial charge < -0.3 is 10.2 Å². The minimum atomic E-state index is 0. The third-order valence-electron chi connectivity index (χ3n) is 5.57. The van der Waals surface area contributed by atoms with E-state index < -0.39 is 0 Å². The van der Waals surface area contributed by atoms with Gasteiger partial charge in [-0.25, -0.2) is 0 Å². The number of carbonyl (C=O) groups excluding carboxylic acids is 1. The van der Waals surface area contributed by atoms with Gasteiger partial charge in [0.1, 0.15) is 0 Å². The van der Waals surface area contributed by atoms with Crippen LogP contribution in [0.3, 0.4) is 0 Å². The maximum Gasteiger partial charge on any atom is 0.234 e. The smallest absolute Gasteiger partial charge is 0.234 e. The molecule has 29 heavy (non-hydrogen) atoms. The molecular weight excluding hydrogens is 425 g/mol. The minimum absolute atomic E-state index is 0. The molecule has 0 radical (unpaired) electrons. The molecular formula is C22H29Cl2N3OS. The van der Waals surface area contributed by atoms with Gasteiger partial charge in [-0.15, -0.1) is 36.6 Å². The number of benzene rings is 2. The van der Waals surface area contributed by atoms with E-state index in [-0.39, 0.29) is 36.6 Å². The van der Waals surface area contributed by atoms with Crippen LogP contribution in [-0.2, 0) is 10.5 Å². The Morgan fingerprint density at radius 2 is 1.66 bits per heavy atom. The van der Waals surface area contributed by atoms with E-state index >= 15 is 0 Å². The van der Waals surface area contributed by atoms with Gasteiger partial charge >= 0.3 is 0 Å². The Hall–Kier alpha value is -1.24. The van der Waals surface area contributed by atoms with Crippen LogP contribution in [0.5, 0.6) is 0 Å². The van der Waals surface area contributed by atoms with Crippen LogP contribution in [0, 0.1) is 0 Å². The lowest BCUT2D eigenvalue weighted by Crippen LogP contribution is -2.48. The fraction of sp³-hybridized carbons (Fsp3) is 0.409. The number of hydrogen-bond donors (Lipinski definition) is 1. The second-order valence-corrected chi connectivity index (χ2v) is 8.48. The normalized spacial score (nSPS) is 19.0. The summed E-state index contributed by atoms with van der Waals surface area (Å²) in [6.07, 6.45) is 0. The highest BCUT2D eigenvalue weighted by Gasteiger charge is 2.24. The molecule has 1 amide bonds. The van der Waals surface area contributed by atoms with E-state index in [1.54, 1.807) is 0 Å². The second-order valence-electron chi connectivity index (χ2n) is 7.46. The Morgan fingerprint density at radius 3 is 2.41 bits per heavy atom. The van der Waals surface area contributed by atoms with Gasteiger partial charge in [-0.1, -0.05) is 42.5 Å². The van der Waals surface area contributed by atoms with E-state index in [9.17, 15) is 4.79 Å². The molecule has 0 bridgehead atoms. The predicted molar refractivity (Wildman–Crippen MR) is 126 cm³/mol. The number of hydrogen-bond acceptors (Lipinski definition) is 4. The van der Waals surface area contributed by atoms with E-state index in [0.717, 1.165) is 31.9 Å². The average Bonchev–Trinajstić information content (AvgIpc) is 2.85. The monoisotopic (exact) mass is 453 g/mol. The first kappa shape index (κ1) is 24.0. The topological polar surface area (TPSA) is 35.6 Å². The standard InChI is InChI=1S/C22H27N3OS.2ClH/c1-24-10-12-25(13-11-24)15-22(26)23-14-20-18-7-3-2-6-17(18)16-27-21-9-5-4-8-19(20)21;;/h2-9,20H,10-16H2,1H3,(H,23,26);2*1H. The van der Waals surface area contributed by atoms with Gasteiger partial charge in [0, 0.05) is 49.3 Å². The number of rotatable bonds is 4. The van der Waals surface area contributed by atoms with Gasteiger partial charge in [0.15, 0.2) is 0 Å². The van der Waals surface area contributed by atoms with Crippen LogP contribution in [0.4, 0.5) is 0 Å². The summed E-state index contributed by atoms with van der Waals surface area (Å²) in [6, 6.07) is 17.3. The Bertz CT molecular complexity index is 765. The number of thioether (sulfide) groups is 1. The largest absolute Gasteiger partial charge is 0.354 e. The molecule has 1 saturated heterocycles. The number of nitrogens with one attached hydrogen (secondary N) is 1. The molecule has 2 aliphatic heterocycles. The molecule has 4 rings (SSSR count). The highest BCUT2D eigenvalue weighted by Crippen LogP contribution is 2.40. The number of nitrogens with zero attached hydrogens (tertiary/aromatic N) is 2. The first-order chi connectivity index (χ1) is 13.2. The summed E-state index contributed by atoms with van der Waals surface area (Å²) in [6.45, 7) is 5.16. The van der Waals surface area contributed by atoms with E-state index in [1.807, 2.05) is 11.8 Å². The summed E-state index contributed by atoms with van der Waals surface area (Å²) in [5.74, 6) is 1.33. The highest BCUT2D eigenvalue weighted by molar-refractivity contribution is 7.98. The van der Waals surface area contributed by atoms with Crippen molar-refractivity contribution in [2.45, 2.75) is 16.6 Å². The Labute approximate surface area is 190 Å². The number of fused-ring (bicyclic) bond motifs is 2. The Kier molecular flexibility index (Phi) is 9.31. The maximum absolute atomic E-state index is 12.6. The van der Waals surface area contributed by atoms with Crippen molar-refractivity contribution >= 4 is 42.5 Å². The molecule has 2 aromatic rings. The molecule has 1 fully saturated rings. The van der Waals surface area contributed by atoms with Crippen molar-refractivity contribution < 1.29 is 4.79 Å². The summed E-state index contributed by atoms with van der Waals surface area (Å²) < 4.78 is 0. The van der Waals surface area contributed by atoms with Crippen LogP contribution in [0.25, 0.3) is 0 Å². The molecule has 1 atom stereocenters. The SMILES string of the molecule is CN1CCN(CC(=O)NCC2c3ccccc3CSc3ccccc32)CC1.Cl.Cl. The number of likely N-dealkylation sites (N-methyl/N-ethyl adjacent to an activating group) is 1. The van der Waals surface area contributed by atoms with Crippen LogP contribution >= 0.6 is 36.6 Å². The van der Waals surface area contributed by atoms with Crippen molar-refractivity contribution in [1.29, 1.82) is 0 Å². The van der Waals surface area contributed by atoms with Crippen molar-refractivity contribution in [1.82, 2.24) is 15.1 Å². The molecule has 0 saturated carbocycles. The Morgan fingerprint density at radius 1 is 1.00 bits per heavy atom. The van der Waals surface area contributed by atoms with Crippen LogP contribution in [0.2, 0.25) is 0 Å². The fourth-order valence-electron chi connectivity index (χ4n) is 3.93. The molecule has 1 N–H and O–H groups in total. The highest BCUT2D eigenvalue weighted by atomic mass is 35.5. The first-order valence-electron chi connectivity index (χ1n) is 9.68. The van der Waals surface area contributed by atoms with E-state index in [2.05, 4.69) is 70.7 Å². The minimum Gasteiger partial charge on any atom is -0.354 e. The molecule has 4 nitrogen and oxygen atoms in total. The number of piperazine rings is 1. The lowest BCUT2D eigenvalue weighted by Gasteiger charge is -2.32. The molecule has 7 heteroatoms. The quantitative estimate of drug-likeness (QED) is 0.766. The zero-order valence-electron chi connectivity index (χ0n) is 16.7. The van der Waals surface area contributed by atoms with Crippen LogP contribution < -0.4 is 5.32 Å². The summed E-state index contributed by atoms with van der Waals surface area (Å²) in [5, 5.41) is 3.22. The third-order valence-corrected chi connectivity index (χ3v) is 6.71. The molecule has 0 aliphatic carbocycles. The molecule has 0 spiro atoms. The fourth-order valence-corrected chi connectivity index (χ4v) is 5.05. The molecule has 1 unspecified atom stereocenters. The summed E-state index contributed by atoms with van der Waals surface area (Å²) in [5.41, 5.74) is 4.04. The van der Waals surface area contributed by atoms with Gasteiger partial charge in [0.25, 0.3) is 0 Å². The lowest BCUT2D eigenvalue weighted by atomic mass is 9.88. The summed E-state index contributed by atoms with van der Waals surface area (Å²) in [7, 11) is 2.14. The lowest BCUT2D eigenvalue weighted by molar-refractivity contribution is -0.122. The zero-order valence-corrected chi connectivity index (χ0v) is 19.1. The molecule has 158 valence electrons. The van der Waals surface area contributed by atoms with E-state index in [4.69, 9.17) is 0 Å². The van der Waals surface area contributed by atoms with Gasteiger partial charge in [-0.2, -0.15) is 0 Å². The van der Waals surface area contributed by atoms with Crippen molar-refractivity contribution in [3.05, 3.63) is 65.2 Å². The first-order valence-corrected chi connectivity index (χ1v) is 10.7. The van der Waals surface area contributed by atoms with E-state index in [0.29, 0.717) is 13.1 Å². The van der Waals surface area contributed by atoms with Crippen molar-refractivity contribution in [3.8, 4) is 0 Å². The van der Waals surface area contributed by atoms with Crippen molar-refractivity contribution in [2.24, 2.45) is 0 Å². The van der Waals surface area contributed by atoms with Gasteiger partial charge in [0.2, 0.25) is 5.91 Å². The predicted octanol–water partition coefficient (Wildman–Crippen LogP) is 3.63. The molecule has 2 aromatic carbocycles. The van der Waals surface area contributed by atoms with Gasteiger partial charge in [0.05, 0.1) is 6.54 Å². The average molecular weight is 454 g/mol. The van der Waals surface area contributed by atoms with Crippen molar-refractivity contribution in [3.63, 3.8) is 0 Å². The maximum atomic E-state index is 12.6. The zero-order chi connectivity index (χ0) is 18.6. The second kappa shape index (κ2) is 11.2. The molecule has 2 aliphatic rings.